The molecule has 33 heavy (non-hydrogen) atoms. The molecular formula is C25H30F2N2O4. The fourth-order valence-corrected chi connectivity index (χ4v) is 4.60. The fourth-order valence-electron chi connectivity index (χ4n) is 4.60. The summed E-state index contributed by atoms with van der Waals surface area (Å²) in [7, 11) is 0. The number of benzene rings is 2. The average Bonchev–Trinajstić information content (AvgIpc) is 3.58. The van der Waals surface area contributed by atoms with Gasteiger partial charge in [-0.25, -0.2) is 13.6 Å². The lowest BCUT2D eigenvalue weighted by molar-refractivity contribution is 0.0149. The predicted molar refractivity (Wildman–Crippen MR) is 119 cm³/mol. The number of carboxylic acid groups (broad SMARTS) is 1. The fraction of sp³-hybridized carbons (Fsp3) is 0.480. The second kappa shape index (κ2) is 10.2. The van der Waals surface area contributed by atoms with Crippen LogP contribution >= 0.6 is 0 Å². The molecule has 1 saturated heterocycles. The second-order valence-electron chi connectivity index (χ2n) is 9.05. The summed E-state index contributed by atoms with van der Waals surface area (Å²) in [6.07, 6.45) is 2.73. The summed E-state index contributed by atoms with van der Waals surface area (Å²) in [4.78, 5) is 11.3. The Labute approximate surface area is 192 Å². The van der Waals surface area contributed by atoms with Crippen molar-refractivity contribution < 1.29 is 28.5 Å². The van der Waals surface area contributed by atoms with Gasteiger partial charge in [0.25, 0.3) is 0 Å². The minimum Gasteiger partial charge on any atom is -0.465 e. The van der Waals surface area contributed by atoms with Crippen molar-refractivity contribution in [2.24, 2.45) is 0 Å². The minimum absolute atomic E-state index is 0.0364. The number of hydrogen-bond acceptors (Lipinski definition) is 4. The molecule has 1 amide bonds. The molecule has 1 aliphatic heterocycles. The Hall–Kier alpha value is -2.55. The minimum atomic E-state index is -1.31. The van der Waals surface area contributed by atoms with Gasteiger partial charge in [0.1, 0.15) is 11.6 Å². The SMILES string of the molecule is O=C(O)NC(Cc1cc(F)cc(F)c1)C(O)CNC1(c2cccc(C3CCCCO3)c2)CC1. The van der Waals surface area contributed by atoms with Gasteiger partial charge in [0.05, 0.1) is 18.2 Å². The van der Waals surface area contributed by atoms with Gasteiger partial charge in [-0.3, -0.25) is 0 Å². The van der Waals surface area contributed by atoms with Crippen LogP contribution in [0, 0.1) is 11.6 Å². The van der Waals surface area contributed by atoms with Gasteiger partial charge < -0.3 is 25.6 Å². The van der Waals surface area contributed by atoms with E-state index in [4.69, 9.17) is 4.74 Å². The van der Waals surface area contributed by atoms with Crippen LogP contribution in [-0.4, -0.2) is 41.6 Å². The van der Waals surface area contributed by atoms with Gasteiger partial charge >= 0.3 is 6.09 Å². The maximum absolute atomic E-state index is 13.5. The molecule has 2 aliphatic rings. The standard InChI is InChI=1S/C25H30F2N2O4/c26-19-10-16(11-20(27)14-19)12-21(29-24(31)32)22(30)15-28-25(7-8-25)18-5-3-4-17(13-18)23-6-1-2-9-33-23/h3-5,10-11,13-14,21-23,28-30H,1-2,6-9,12,15H2,(H,31,32). The zero-order chi connectivity index (χ0) is 23.4. The van der Waals surface area contributed by atoms with Crippen molar-refractivity contribution in [3.8, 4) is 0 Å². The van der Waals surface area contributed by atoms with Crippen LogP contribution in [0.3, 0.4) is 0 Å². The summed E-state index contributed by atoms with van der Waals surface area (Å²) in [5.41, 5.74) is 2.27. The number of carbonyl (C=O) groups is 1. The van der Waals surface area contributed by atoms with Gasteiger partial charge in [0, 0.05) is 24.8 Å². The van der Waals surface area contributed by atoms with Crippen LogP contribution in [0.15, 0.2) is 42.5 Å². The smallest absolute Gasteiger partial charge is 0.404 e. The number of halogens is 2. The molecule has 4 rings (SSSR count). The lowest BCUT2D eigenvalue weighted by Crippen LogP contribution is -2.49. The van der Waals surface area contributed by atoms with E-state index in [1.807, 2.05) is 6.07 Å². The highest BCUT2D eigenvalue weighted by Crippen LogP contribution is 2.46. The van der Waals surface area contributed by atoms with Crippen LogP contribution in [0.2, 0.25) is 0 Å². The number of aliphatic hydroxyl groups is 1. The Morgan fingerprint density at radius 1 is 1.15 bits per heavy atom. The maximum Gasteiger partial charge on any atom is 0.404 e. The molecule has 1 saturated carbocycles. The third-order valence-corrected chi connectivity index (χ3v) is 6.54. The quantitative estimate of drug-likeness (QED) is 0.454. The molecule has 1 heterocycles. The maximum atomic E-state index is 13.5. The van der Waals surface area contributed by atoms with Gasteiger partial charge in [0.15, 0.2) is 0 Å². The van der Waals surface area contributed by atoms with Crippen molar-refractivity contribution in [2.75, 3.05) is 13.2 Å². The predicted octanol–water partition coefficient (Wildman–Crippen LogP) is 4.02. The molecule has 1 aliphatic carbocycles. The topological polar surface area (TPSA) is 90.8 Å². The largest absolute Gasteiger partial charge is 0.465 e. The lowest BCUT2D eigenvalue weighted by Gasteiger charge is -2.27. The van der Waals surface area contributed by atoms with E-state index in [9.17, 15) is 23.8 Å². The van der Waals surface area contributed by atoms with Crippen molar-refractivity contribution in [1.82, 2.24) is 10.6 Å². The van der Waals surface area contributed by atoms with Crippen LogP contribution in [0.1, 0.15) is 54.9 Å². The summed E-state index contributed by atoms with van der Waals surface area (Å²) in [5, 5.41) is 25.6. The first-order valence-electron chi connectivity index (χ1n) is 11.4. The summed E-state index contributed by atoms with van der Waals surface area (Å²) in [6.45, 7) is 0.907. The van der Waals surface area contributed by atoms with E-state index < -0.39 is 29.9 Å². The Balaban J connectivity index is 1.42. The third-order valence-electron chi connectivity index (χ3n) is 6.54. The van der Waals surface area contributed by atoms with Gasteiger partial charge in [-0.2, -0.15) is 0 Å². The molecule has 0 radical (unpaired) electrons. The molecule has 2 aromatic rings. The van der Waals surface area contributed by atoms with E-state index in [2.05, 4.69) is 28.8 Å². The van der Waals surface area contributed by atoms with E-state index in [-0.39, 0.29) is 30.2 Å². The van der Waals surface area contributed by atoms with E-state index >= 15 is 0 Å². The zero-order valence-corrected chi connectivity index (χ0v) is 18.4. The molecule has 0 spiro atoms. The molecule has 2 aromatic carbocycles. The van der Waals surface area contributed by atoms with Crippen molar-refractivity contribution in [3.63, 3.8) is 0 Å². The van der Waals surface area contributed by atoms with E-state index in [1.165, 1.54) is 0 Å². The monoisotopic (exact) mass is 460 g/mol. The molecule has 0 bridgehead atoms. The first kappa shape index (κ1) is 23.6. The van der Waals surface area contributed by atoms with Crippen LogP contribution in [-0.2, 0) is 16.7 Å². The summed E-state index contributed by atoms with van der Waals surface area (Å²) in [6, 6.07) is 10.4. The number of aliphatic hydroxyl groups excluding tert-OH is 1. The number of rotatable bonds is 9. The van der Waals surface area contributed by atoms with E-state index in [1.54, 1.807) is 0 Å². The number of nitrogens with one attached hydrogen (secondary N) is 2. The highest BCUT2D eigenvalue weighted by Gasteiger charge is 2.44. The van der Waals surface area contributed by atoms with Crippen molar-refractivity contribution in [1.29, 1.82) is 0 Å². The van der Waals surface area contributed by atoms with Crippen LogP contribution in [0.25, 0.3) is 0 Å². The average molecular weight is 461 g/mol. The molecular weight excluding hydrogens is 430 g/mol. The summed E-state index contributed by atoms with van der Waals surface area (Å²) in [5.74, 6) is -1.49. The van der Waals surface area contributed by atoms with Crippen LogP contribution < -0.4 is 10.6 Å². The van der Waals surface area contributed by atoms with Gasteiger partial charge in [-0.15, -0.1) is 0 Å². The third kappa shape index (κ3) is 6.07. The zero-order valence-electron chi connectivity index (χ0n) is 18.4. The molecule has 2 fully saturated rings. The van der Waals surface area contributed by atoms with Crippen molar-refractivity contribution in [2.45, 2.75) is 62.3 Å². The molecule has 3 atom stereocenters. The van der Waals surface area contributed by atoms with Crippen molar-refractivity contribution >= 4 is 6.09 Å². The van der Waals surface area contributed by atoms with Crippen molar-refractivity contribution in [3.05, 3.63) is 70.8 Å². The first-order valence-corrected chi connectivity index (χ1v) is 11.4. The van der Waals surface area contributed by atoms with Gasteiger partial charge in [-0.05, 0) is 67.3 Å². The second-order valence-corrected chi connectivity index (χ2v) is 9.05. The van der Waals surface area contributed by atoms with Crippen LogP contribution in [0.4, 0.5) is 13.6 Å². The normalized spacial score (nSPS) is 21.2. The first-order chi connectivity index (χ1) is 15.8. The van der Waals surface area contributed by atoms with Crippen LogP contribution in [0.5, 0.6) is 0 Å². The number of amides is 1. The van der Waals surface area contributed by atoms with E-state index in [0.717, 1.165) is 68.0 Å². The molecule has 3 unspecified atom stereocenters. The van der Waals surface area contributed by atoms with Gasteiger partial charge in [0.2, 0.25) is 0 Å². The Kier molecular flexibility index (Phi) is 7.26. The Morgan fingerprint density at radius 3 is 2.55 bits per heavy atom. The molecule has 6 nitrogen and oxygen atoms in total. The summed E-state index contributed by atoms with van der Waals surface area (Å²) >= 11 is 0. The number of hydrogen-bond donors (Lipinski definition) is 4. The van der Waals surface area contributed by atoms with Gasteiger partial charge in [-0.1, -0.05) is 24.3 Å². The highest BCUT2D eigenvalue weighted by molar-refractivity contribution is 5.65. The highest BCUT2D eigenvalue weighted by atomic mass is 19.1. The molecule has 8 heteroatoms. The molecule has 0 aromatic heterocycles. The molecule has 178 valence electrons. The Morgan fingerprint density at radius 2 is 1.91 bits per heavy atom. The molecule has 4 N–H and O–H groups in total. The summed E-state index contributed by atoms with van der Waals surface area (Å²) < 4.78 is 33.0. The lowest BCUT2D eigenvalue weighted by atomic mass is 9.95. The number of ether oxygens (including phenoxy) is 1. The Bertz CT molecular complexity index is 956. The van der Waals surface area contributed by atoms with E-state index in [0.29, 0.717) is 0 Å².